The lowest BCUT2D eigenvalue weighted by Crippen LogP contribution is -2.37. The predicted molar refractivity (Wildman–Crippen MR) is 80.8 cm³/mol. The molecule has 0 spiro atoms. The molecule has 1 aromatic rings. The highest BCUT2D eigenvalue weighted by Crippen LogP contribution is 2.28. The smallest absolute Gasteiger partial charge is 0.172 e. The van der Waals surface area contributed by atoms with Crippen LogP contribution in [0.5, 0.6) is 0 Å². The summed E-state index contributed by atoms with van der Waals surface area (Å²) in [5, 5.41) is 12.6. The molecular formula is C12H16BrN3OS. The monoisotopic (exact) mass is 329 g/mol. The molecule has 1 aliphatic rings. The summed E-state index contributed by atoms with van der Waals surface area (Å²) >= 11 is 5.39. The van der Waals surface area contributed by atoms with Crippen molar-refractivity contribution >= 4 is 39.2 Å². The Bertz CT molecular complexity index is 467. The van der Waals surface area contributed by atoms with E-state index in [1.807, 2.05) is 30.0 Å². The maximum Gasteiger partial charge on any atom is 0.172 e. The van der Waals surface area contributed by atoms with Crippen molar-refractivity contribution < 1.29 is 5.21 Å². The van der Waals surface area contributed by atoms with Gasteiger partial charge in [-0.3, -0.25) is 0 Å². The number of hydrogen-bond donors (Lipinski definition) is 2. The molecule has 0 aliphatic carbocycles. The number of anilines is 1. The molecule has 1 unspecified atom stereocenters. The largest absolute Gasteiger partial charge is 0.409 e. The first-order valence-electron chi connectivity index (χ1n) is 5.76. The Balaban J connectivity index is 2.37. The third-order valence-electron chi connectivity index (χ3n) is 2.92. The number of amidine groups is 1. The van der Waals surface area contributed by atoms with Crippen molar-refractivity contribution in [1.82, 2.24) is 0 Å². The molecular weight excluding hydrogens is 314 g/mol. The molecule has 0 bridgehead atoms. The maximum atomic E-state index is 8.88. The molecule has 1 heterocycles. The lowest BCUT2D eigenvalue weighted by molar-refractivity contribution is 0.318. The number of oxime groups is 1. The van der Waals surface area contributed by atoms with Crippen LogP contribution in [-0.2, 0) is 0 Å². The number of nitrogens with zero attached hydrogens (tertiary/aromatic N) is 2. The SMILES string of the molecule is CC1CN(c2ccc(Br)cc2/C(N)=N/O)CCS1. The Morgan fingerprint density at radius 3 is 3.06 bits per heavy atom. The van der Waals surface area contributed by atoms with E-state index in [0.717, 1.165) is 34.6 Å². The van der Waals surface area contributed by atoms with Gasteiger partial charge in [0.15, 0.2) is 5.84 Å². The van der Waals surface area contributed by atoms with Crippen LogP contribution in [0, 0.1) is 0 Å². The predicted octanol–water partition coefficient (Wildman–Crippen LogP) is 2.49. The molecule has 4 nitrogen and oxygen atoms in total. The van der Waals surface area contributed by atoms with Gasteiger partial charge in [-0.05, 0) is 18.2 Å². The van der Waals surface area contributed by atoms with Crippen molar-refractivity contribution in [3.8, 4) is 0 Å². The van der Waals surface area contributed by atoms with Crippen LogP contribution in [0.4, 0.5) is 5.69 Å². The van der Waals surface area contributed by atoms with Gasteiger partial charge in [-0.25, -0.2) is 0 Å². The number of thioether (sulfide) groups is 1. The normalized spacial score (nSPS) is 21.1. The summed E-state index contributed by atoms with van der Waals surface area (Å²) < 4.78 is 0.923. The summed E-state index contributed by atoms with van der Waals surface area (Å²) in [6.07, 6.45) is 0. The van der Waals surface area contributed by atoms with Crippen molar-refractivity contribution in [3.63, 3.8) is 0 Å². The van der Waals surface area contributed by atoms with E-state index in [9.17, 15) is 0 Å². The molecule has 1 aromatic carbocycles. The van der Waals surface area contributed by atoms with E-state index >= 15 is 0 Å². The zero-order valence-electron chi connectivity index (χ0n) is 10.1. The minimum atomic E-state index is 0.150. The molecule has 1 saturated heterocycles. The third-order valence-corrected chi connectivity index (χ3v) is 4.55. The van der Waals surface area contributed by atoms with Crippen LogP contribution < -0.4 is 10.6 Å². The van der Waals surface area contributed by atoms with Crippen LogP contribution in [0.3, 0.4) is 0 Å². The molecule has 0 amide bonds. The zero-order valence-corrected chi connectivity index (χ0v) is 12.5. The van der Waals surface area contributed by atoms with Gasteiger partial charge in [0.1, 0.15) is 0 Å². The van der Waals surface area contributed by atoms with E-state index in [-0.39, 0.29) is 5.84 Å². The molecule has 0 aromatic heterocycles. The van der Waals surface area contributed by atoms with Crippen LogP contribution in [0.2, 0.25) is 0 Å². The summed E-state index contributed by atoms with van der Waals surface area (Å²) in [5.74, 6) is 1.25. The highest BCUT2D eigenvalue weighted by atomic mass is 79.9. The van der Waals surface area contributed by atoms with Gasteiger partial charge in [-0.15, -0.1) is 0 Å². The Morgan fingerprint density at radius 1 is 1.61 bits per heavy atom. The lowest BCUT2D eigenvalue weighted by atomic mass is 10.1. The molecule has 1 fully saturated rings. The second-order valence-corrected chi connectivity index (χ2v) is 6.74. The van der Waals surface area contributed by atoms with Crippen molar-refractivity contribution in [2.24, 2.45) is 10.9 Å². The molecule has 6 heteroatoms. The molecule has 1 aliphatic heterocycles. The molecule has 0 saturated carbocycles. The molecule has 1 atom stereocenters. The van der Waals surface area contributed by atoms with E-state index in [1.165, 1.54) is 0 Å². The van der Waals surface area contributed by atoms with Crippen molar-refractivity contribution in [2.45, 2.75) is 12.2 Å². The van der Waals surface area contributed by atoms with Gasteiger partial charge in [-0.2, -0.15) is 11.8 Å². The number of benzene rings is 1. The minimum absolute atomic E-state index is 0.150. The van der Waals surface area contributed by atoms with E-state index < -0.39 is 0 Å². The average Bonchev–Trinajstić information content (AvgIpc) is 2.37. The number of nitrogens with two attached hydrogens (primary N) is 1. The standard InChI is InChI=1S/C12H16BrN3OS/c1-8-7-16(4-5-18-8)11-3-2-9(13)6-10(11)12(14)15-17/h2-3,6,8,17H,4-5,7H2,1H3,(H2,14,15). The first-order chi connectivity index (χ1) is 8.61. The van der Waals surface area contributed by atoms with Gasteiger partial charge in [0.05, 0.1) is 0 Å². The Labute approximate surface area is 119 Å². The van der Waals surface area contributed by atoms with Gasteiger partial charge in [-0.1, -0.05) is 28.0 Å². The Hall–Kier alpha value is -0.880. The number of rotatable bonds is 2. The van der Waals surface area contributed by atoms with Crippen LogP contribution in [0.25, 0.3) is 0 Å². The van der Waals surface area contributed by atoms with Crippen molar-refractivity contribution in [2.75, 3.05) is 23.7 Å². The summed E-state index contributed by atoms with van der Waals surface area (Å²) in [7, 11) is 0. The molecule has 2 rings (SSSR count). The van der Waals surface area contributed by atoms with Crippen molar-refractivity contribution in [1.29, 1.82) is 0 Å². The summed E-state index contributed by atoms with van der Waals surface area (Å²) in [5.41, 5.74) is 7.55. The van der Waals surface area contributed by atoms with Crippen LogP contribution >= 0.6 is 27.7 Å². The highest BCUT2D eigenvalue weighted by Gasteiger charge is 2.20. The van der Waals surface area contributed by atoms with E-state index in [4.69, 9.17) is 10.9 Å². The van der Waals surface area contributed by atoms with E-state index in [2.05, 4.69) is 32.9 Å². The van der Waals surface area contributed by atoms with Gasteiger partial charge in [0, 0.05) is 39.8 Å². The number of hydrogen-bond acceptors (Lipinski definition) is 4. The first-order valence-corrected chi connectivity index (χ1v) is 7.60. The fourth-order valence-corrected chi connectivity index (χ4v) is 3.45. The first kappa shape index (κ1) is 13.5. The third kappa shape index (κ3) is 2.92. The average molecular weight is 330 g/mol. The van der Waals surface area contributed by atoms with Crippen LogP contribution in [0.15, 0.2) is 27.8 Å². The van der Waals surface area contributed by atoms with E-state index in [0.29, 0.717) is 5.25 Å². The summed E-state index contributed by atoms with van der Waals surface area (Å²) in [6, 6.07) is 5.88. The lowest BCUT2D eigenvalue weighted by Gasteiger charge is -2.33. The van der Waals surface area contributed by atoms with E-state index in [1.54, 1.807) is 0 Å². The topological polar surface area (TPSA) is 61.8 Å². The van der Waals surface area contributed by atoms with Gasteiger partial charge in [0.25, 0.3) is 0 Å². The Morgan fingerprint density at radius 2 is 2.39 bits per heavy atom. The maximum absolute atomic E-state index is 8.88. The summed E-state index contributed by atoms with van der Waals surface area (Å²) in [6.45, 7) is 4.19. The molecule has 3 N–H and O–H groups in total. The number of halogens is 1. The molecule has 0 radical (unpaired) electrons. The zero-order chi connectivity index (χ0) is 13.1. The Kier molecular flexibility index (Phi) is 4.40. The van der Waals surface area contributed by atoms with Crippen LogP contribution in [-0.4, -0.2) is 35.1 Å². The quantitative estimate of drug-likeness (QED) is 0.379. The summed E-state index contributed by atoms with van der Waals surface area (Å²) in [4.78, 5) is 2.29. The molecule has 18 heavy (non-hydrogen) atoms. The molecule has 98 valence electrons. The van der Waals surface area contributed by atoms with Gasteiger partial charge >= 0.3 is 0 Å². The minimum Gasteiger partial charge on any atom is -0.409 e. The van der Waals surface area contributed by atoms with Gasteiger partial charge < -0.3 is 15.8 Å². The van der Waals surface area contributed by atoms with Gasteiger partial charge in [0.2, 0.25) is 0 Å². The fraction of sp³-hybridized carbons (Fsp3) is 0.417. The highest BCUT2D eigenvalue weighted by molar-refractivity contribution is 9.10. The van der Waals surface area contributed by atoms with Crippen molar-refractivity contribution in [3.05, 3.63) is 28.2 Å². The fourth-order valence-electron chi connectivity index (χ4n) is 2.08. The second-order valence-electron chi connectivity index (χ2n) is 4.27. The van der Waals surface area contributed by atoms with Crippen LogP contribution in [0.1, 0.15) is 12.5 Å². The second kappa shape index (κ2) is 5.84.